The van der Waals surface area contributed by atoms with Crippen LogP contribution in [0.25, 0.3) is 0 Å². The fraction of sp³-hybridized carbons (Fsp3) is 0.571. The highest BCUT2D eigenvalue weighted by Gasteiger charge is 2.27. The molecule has 0 bridgehead atoms. The molecule has 0 amide bonds. The minimum absolute atomic E-state index is 0.431. The molecule has 2 rings (SSSR count). The normalized spacial score (nSPS) is 21.2. The zero-order valence-electron chi connectivity index (χ0n) is 9.70. The summed E-state index contributed by atoms with van der Waals surface area (Å²) >= 11 is 0. The first kappa shape index (κ1) is 10.5. The van der Waals surface area contributed by atoms with E-state index in [2.05, 4.69) is 13.8 Å². The minimum Gasteiger partial charge on any atom is -0.490 e. The van der Waals surface area contributed by atoms with Gasteiger partial charge in [0, 0.05) is 0 Å². The van der Waals surface area contributed by atoms with Gasteiger partial charge >= 0.3 is 0 Å². The van der Waals surface area contributed by atoms with Crippen LogP contribution in [0.4, 0.5) is 0 Å². The highest BCUT2D eigenvalue weighted by atomic mass is 16.5. The van der Waals surface area contributed by atoms with E-state index < -0.39 is 0 Å². The summed E-state index contributed by atoms with van der Waals surface area (Å²) in [5.74, 6) is 1.02. The van der Waals surface area contributed by atoms with Crippen molar-refractivity contribution < 1.29 is 4.74 Å². The molecule has 0 unspecified atom stereocenters. The molecule has 0 heterocycles. The van der Waals surface area contributed by atoms with Gasteiger partial charge in [-0.05, 0) is 43.2 Å². The average Bonchev–Trinajstić information content (AvgIpc) is 2.23. The molecule has 1 aliphatic carbocycles. The van der Waals surface area contributed by atoms with E-state index in [-0.39, 0.29) is 0 Å². The Morgan fingerprint density at radius 1 is 1.07 bits per heavy atom. The van der Waals surface area contributed by atoms with Gasteiger partial charge in [-0.2, -0.15) is 0 Å². The summed E-state index contributed by atoms with van der Waals surface area (Å²) in [4.78, 5) is 0. The fourth-order valence-corrected chi connectivity index (χ4v) is 2.18. The van der Waals surface area contributed by atoms with E-state index in [1.54, 1.807) is 0 Å². The van der Waals surface area contributed by atoms with Gasteiger partial charge in [0.2, 0.25) is 0 Å². The van der Waals surface area contributed by atoms with Crippen molar-refractivity contribution >= 4 is 0 Å². The summed E-state index contributed by atoms with van der Waals surface area (Å²) in [5, 5.41) is 0. The molecule has 1 nitrogen and oxygen atoms in total. The zero-order chi connectivity index (χ0) is 10.7. The average molecular weight is 204 g/mol. The second kappa shape index (κ2) is 4.26. The Hall–Kier alpha value is -0.980. The van der Waals surface area contributed by atoms with Gasteiger partial charge in [0.15, 0.2) is 0 Å². The Morgan fingerprint density at radius 2 is 1.67 bits per heavy atom. The Morgan fingerprint density at radius 3 is 2.27 bits per heavy atom. The maximum Gasteiger partial charge on any atom is 0.119 e. The van der Waals surface area contributed by atoms with Crippen molar-refractivity contribution in [2.75, 3.05) is 0 Å². The summed E-state index contributed by atoms with van der Waals surface area (Å²) < 4.78 is 5.95. The molecule has 0 saturated heterocycles. The lowest BCUT2D eigenvalue weighted by atomic mass is 9.76. The second-order valence-corrected chi connectivity index (χ2v) is 5.29. The molecule has 1 saturated carbocycles. The molecular formula is C14H20O. The quantitative estimate of drug-likeness (QED) is 0.706. The van der Waals surface area contributed by atoms with Crippen molar-refractivity contribution in [3.8, 4) is 5.75 Å². The number of hydrogen-bond donors (Lipinski definition) is 0. The molecule has 0 spiro atoms. The van der Waals surface area contributed by atoms with Crippen LogP contribution in [0.5, 0.6) is 5.75 Å². The fourth-order valence-electron chi connectivity index (χ4n) is 2.18. The first-order valence-corrected chi connectivity index (χ1v) is 5.87. The van der Waals surface area contributed by atoms with Gasteiger partial charge in [0.25, 0.3) is 0 Å². The number of hydrogen-bond acceptors (Lipinski definition) is 1. The van der Waals surface area contributed by atoms with Gasteiger partial charge in [-0.25, -0.2) is 0 Å². The van der Waals surface area contributed by atoms with Crippen LogP contribution in [-0.2, 0) is 0 Å². The molecule has 1 heteroatoms. The predicted octanol–water partition coefficient (Wildman–Crippen LogP) is 4.03. The first-order chi connectivity index (χ1) is 7.16. The van der Waals surface area contributed by atoms with E-state index in [0.29, 0.717) is 11.5 Å². The third-order valence-corrected chi connectivity index (χ3v) is 3.33. The highest BCUT2D eigenvalue weighted by molar-refractivity contribution is 5.21. The maximum atomic E-state index is 5.95. The molecule has 0 radical (unpaired) electrons. The Balaban J connectivity index is 1.88. The van der Waals surface area contributed by atoms with E-state index in [1.807, 2.05) is 30.3 Å². The van der Waals surface area contributed by atoms with Crippen LogP contribution in [-0.4, -0.2) is 6.10 Å². The topological polar surface area (TPSA) is 9.23 Å². The predicted molar refractivity (Wildman–Crippen MR) is 63.1 cm³/mol. The number of ether oxygens (including phenoxy) is 1. The molecule has 1 aliphatic rings. The standard InChI is InChI=1S/C14H20O/c1-14(2)10-8-13(9-11-14)15-12-6-4-3-5-7-12/h3-7,13H,8-11H2,1-2H3. The smallest absolute Gasteiger partial charge is 0.119 e. The van der Waals surface area contributed by atoms with E-state index >= 15 is 0 Å². The van der Waals surface area contributed by atoms with Gasteiger partial charge in [0.1, 0.15) is 5.75 Å². The third-order valence-electron chi connectivity index (χ3n) is 3.33. The van der Waals surface area contributed by atoms with Gasteiger partial charge in [0.05, 0.1) is 6.10 Å². The summed E-state index contributed by atoms with van der Waals surface area (Å²) in [6.45, 7) is 4.71. The minimum atomic E-state index is 0.431. The van der Waals surface area contributed by atoms with Crippen LogP contribution in [0.15, 0.2) is 30.3 Å². The monoisotopic (exact) mass is 204 g/mol. The lowest BCUT2D eigenvalue weighted by Gasteiger charge is -2.34. The molecule has 1 aromatic carbocycles. The summed E-state index contributed by atoms with van der Waals surface area (Å²) in [7, 11) is 0. The Kier molecular flexibility index (Phi) is 2.99. The molecule has 1 fully saturated rings. The van der Waals surface area contributed by atoms with E-state index in [0.717, 1.165) is 5.75 Å². The maximum absolute atomic E-state index is 5.95. The van der Waals surface area contributed by atoms with Crippen molar-refractivity contribution in [3.63, 3.8) is 0 Å². The number of para-hydroxylation sites is 1. The lowest BCUT2D eigenvalue weighted by Crippen LogP contribution is -2.28. The molecule has 0 N–H and O–H groups in total. The third kappa shape index (κ3) is 2.98. The summed E-state index contributed by atoms with van der Waals surface area (Å²) in [6.07, 6.45) is 5.39. The van der Waals surface area contributed by atoms with Crippen LogP contribution >= 0.6 is 0 Å². The first-order valence-electron chi connectivity index (χ1n) is 5.87. The van der Waals surface area contributed by atoms with E-state index in [9.17, 15) is 0 Å². The summed E-state index contributed by atoms with van der Waals surface area (Å²) in [6, 6.07) is 10.2. The molecule has 0 atom stereocenters. The van der Waals surface area contributed by atoms with Gasteiger partial charge in [-0.15, -0.1) is 0 Å². The second-order valence-electron chi connectivity index (χ2n) is 5.29. The van der Waals surface area contributed by atoms with Gasteiger partial charge in [-0.1, -0.05) is 32.0 Å². The van der Waals surface area contributed by atoms with E-state index in [4.69, 9.17) is 4.74 Å². The molecule has 1 aromatic rings. The van der Waals surface area contributed by atoms with Crippen molar-refractivity contribution in [3.05, 3.63) is 30.3 Å². The van der Waals surface area contributed by atoms with Gasteiger partial charge < -0.3 is 4.74 Å². The molecule has 0 aliphatic heterocycles. The van der Waals surface area contributed by atoms with Crippen molar-refractivity contribution in [2.24, 2.45) is 5.41 Å². The molecule has 15 heavy (non-hydrogen) atoms. The van der Waals surface area contributed by atoms with Gasteiger partial charge in [-0.3, -0.25) is 0 Å². The van der Waals surface area contributed by atoms with Crippen LogP contribution in [0.3, 0.4) is 0 Å². The summed E-state index contributed by atoms with van der Waals surface area (Å²) in [5.41, 5.74) is 0.524. The van der Waals surface area contributed by atoms with Crippen LogP contribution in [0.2, 0.25) is 0 Å². The van der Waals surface area contributed by atoms with Crippen molar-refractivity contribution in [1.82, 2.24) is 0 Å². The molecule has 0 aromatic heterocycles. The number of rotatable bonds is 2. The van der Waals surface area contributed by atoms with Crippen molar-refractivity contribution in [2.45, 2.75) is 45.6 Å². The lowest BCUT2D eigenvalue weighted by molar-refractivity contribution is 0.0988. The Bertz CT molecular complexity index is 292. The van der Waals surface area contributed by atoms with E-state index in [1.165, 1.54) is 25.7 Å². The van der Waals surface area contributed by atoms with Crippen LogP contribution < -0.4 is 4.74 Å². The number of benzene rings is 1. The highest BCUT2D eigenvalue weighted by Crippen LogP contribution is 2.36. The van der Waals surface area contributed by atoms with Crippen LogP contribution in [0, 0.1) is 5.41 Å². The zero-order valence-corrected chi connectivity index (χ0v) is 9.70. The largest absolute Gasteiger partial charge is 0.490 e. The van der Waals surface area contributed by atoms with Crippen LogP contribution in [0.1, 0.15) is 39.5 Å². The van der Waals surface area contributed by atoms with Crippen molar-refractivity contribution in [1.29, 1.82) is 0 Å². The molecule has 82 valence electrons. The SMILES string of the molecule is CC1(C)CCC(Oc2ccccc2)CC1. The Labute approximate surface area is 92.5 Å². The molecular weight excluding hydrogens is 184 g/mol.